The molecule has 126 valence electrons. The van der Waals surface area contributed by atoms with Gasteiger partial charge in [0.05, 0.1) is 19.3 Å². The molecule has 4 aromatic rings. The summed E-state index contributed by atoms with van der Waals surface area (Å²) in [5.74, 6) is -0.278. The highest BCUT2D eigenvalue weighted by Crippen LogP contribution is 2.10. The second-order valence-corrected chi connectivity index (χ2v) is 6.02. The van der Waals surface area contributed by atoms with Crippen molar-refractivity contribution in [1.82, 2.24) is 24.1 Å². The van der Waals surface area contributed by atoms with Crippen LogP contribution in [0.3, 0.4) is 0 Å². The Labute approximate surface area is 142 Å². The van der Waals surface area contributed by atoms with E-state index in [4.69, 9.17) is 0 Å². The first-order chi connectivity index (χ1) is 12.1. The summed E-state index contributed by atoms with van der Waals surface area (Å²) < 4.78 is 18.3. The fourth-order valence-electron chi connectivity index (χ4n) is 2.94. The summed E-state index contributed by atoms with van der Waals surface area (Å²) in [6.07, 6.45) is 5.40. The van der Waals surface area contributed by atoms with Crippen molar-refractivity contribution in [3.05, 3.63) is 82.4 Å². The lowest BCUT2D eigenvalue weighted by molar-refractivity contribution is 0.614. The number of rotatable bonds is 4. The molecule has 0 aliphatic heterocycles. The molecule has 0 spiro atoms. The summed E-state index contributed by atoms with van der Waals surface area (Å²) in [4.78, 5) is 12.6. The number of hydrogen-bond donors (Lipinski definition) is 0. The summed E-state index contributed by atoms with van der Waals surface area (Å²) in [7, 11) is 1.85. The van der Waals surface area contributed by atoms with Crippen molar-refractivity contribution in [3.8, 4) is 0 Å². The minimum Gasteiger partial charge on any atom is -0.346 e. The summed E-state index contributed by atoms with van der Waals surface area (Å²) in [6.45, 7) is 0.764. The molecule has 0 N–H and O–H groups in total. The molecule has 0 saturated heterocycles. The van der Waals surface area contributed by atoms with E-state index in [-0.39, 0.29) is 11.4 Å². The molecule has 0 radical (unpaired) electrons. The molecule has 0 aliphatic carbocycles. The van der Waals surface area contributed by atoms with E-state index in [0.29, 0.717) is 24.3 Å². The molecule has 0 bridgehead atoms. The van der Waals surface area contributed by atoms with Crippen LogP contribution in [0.15, 0.2) is 59.8 Å². The Bertz CT molecular complexity index is 1110. The SMILES string of the molecule is Cn1ccc2ccn(Cc3cn(Cc4cccc(F)c4)nn3)c(=O)c21. The zero-order valence-corrected chi connectivity index (χ0v) is 13.6. The van der Waals surface area contributed by atoms with E-state index >= 15 is 0 Å². The van der Waals surface area contributed by atoms with Gasteiger partial charge in [0.2, 0.25) is 0 Å². The average molecular weight is 337 g/mol. The number of fused-ring (bicyclic) bond motifs is 1. The van der Waals surface area contributed by atoms with Crippen molar-refractivity contribution >= 4 is 10.9 Å². The Balaban J connectivity index is 1.58. The van der Waals surface area contributed by atoms with E-state index in [0.717, 1.165) is 10.9 Å². The zero-order chi connectivity index (χ0) is 17.4. The van der Waals surface area contributed by atoms with Gasteiger partial charge < -0.3 is 9.13 Å². The van der Waals surface area contributed by atoms with Crippen LogP contribution in [0.2, 0.25) is 0 Å². The maximum Gasteiger partial charge on any atom is 0.275 e. The third-order valence-corrected chi connectivity index (χ3v) is 4.15. The largest absolute Gasteiger partial charge is 0.346 e. The van der Waals surface area contributed by atoms with Crippen molar-refractivity contribution in [3.63, 3.8) is 0 Å². The summed E-state index contributed by atoms with van der Waals surface area (Å²) in [5.41, 5.74) is 2.07. The number of hydrogen-bond acceptors (Lipinski definition) is 3. The number of nitrogens with zero attached hydrogens (tertiary/aromatic N) is 5. The number of pyridine rings is 1. The van der Waals surface area contributed by atoms with Gasteiger partial charge >= 0.3 is 0 Å². The minimum absolute atomic E-state index is 0.0651. The van der Waals surface area contributed by atoms with E-state index in [2.05, 4.69) is 10.3 Å². The molecule has 6 nitrogen and oxygen atoms in total. The lowest BCUT2D eigenvalue weighted by Crippen LogP contribution is -2.21. The first-order valence-corrected chi connectivity index (χ1v) is 7.88. The standard InChI is InChI=1S/C18H16FN5O/c1-22-7-5-14-6-8-23(18(25)17(14)22)11-16-12-24(21-20-16)10-13-3-2-4-15(19)9-13/h2-9,12H,10-11H2,1H3. The molecule has 3 heterocycles. The Morgan fingerprint density at radius 3 is 2.80 bits per heavy atom. The second kappa shape index (κ2) is 6.01. The third kappa shape index (κ3) is 2.96. The van der Waals surface area contributed by atoms with Crippen molar-refractivity contribution in [2.45, 2.75) is 13.1 Å². The van der Waals surface area contributed by atoms with Gasteiger partial charge in [-0.2, -0.15) is 0 Å². The molecule has 0 aliphatic rings. The molecule has 4 rings (SSSR count). The Morgan fingerprint density at radius 1 is 1.12 bits per heavy atom. The maximum absolute atomic E-state index is 13.3. The molecule has 3 aromatic heterocycles. The molecule has 0 atom stereocenters. The third-order valence-electron chi connectivity index (χ3n) is 4.15. The Kier molecular flexibility index (Phi) is 3.68. The molecule has 7 heteroatoms. The van der Waals surface area contributed by atoms with Crippen LogP contribution in [-0.2, 0) is 20.1 Å². The van der Waals surface area contributed by atoms with Crippen LogP contribution in [0.1, 0.15) is 11.3 Å². The molecular weight excluding hydrogens is 321 g/mol. The van der Waals surface area contributed by atoms with E-state index in [1.807, 2.05) is 36.0 Å². The smallest absolute Gasteiger partial charge is 0.275 e. The predicted molar refractivity (Wildman–Crippen MR) is 91.8 cm³/mol. The molecular formula is C18H16FN5O. The van der Waals surface area contributed by atoms with Crippen LogP contribution >= 0.6 is 0 Å². The first-order valence-electron chi connectivity index (χ1n) is 7.88. The molecule has 1 aromatic carbocycles. The van der Waals surface area contributed by atoms with Crippen LogP contribution in [0.5, 0.6) is 0 Å². The van der Waals surface area contributed by atoms with E-state index in [9.17, 15) is 9.18 Å². The highest BCUT2D eigenvalue weighted by Gasteiger charge is 2.09. The van der Waals surface area contributed by atoms with Gasteiger partial charge in [0, 0.05) is 24.8 Å². The van der Waals surface area contributed by atoms with Crippen molar-refractivity contribution in [2.75, 3.05) is 0 Å². The van der Waals surface area contributed by atoms with Gasteiger partial charge in [-0.15, -0.1) is 5.10 Å². The second-order valence-electron chi connectivity index (χ2n) is 6.02. The van der Waals surface area contributed by atoms with Gasteiger partial charge in [0.25, 0.3) is 5.56 Å². The summed E-state index contributed by atoms with van der Waals surface area (Å²) in [5, 5.41) is 9.09. The fraction of sp³-hybridized carbons (Fsp3) is 0.167. The highest BCUT2D eigenvalue weighted by atomic mass is 19.1. The Hall–Kier alpha value is -3.22. The lowest BCUT2D eigenvalue weighted by atomic mass is 10.2. The van der Waals surface area contributed by atoms with Gasteiger partial charge in [-0.3, -0.25) is 4.79 Å². The maximum atomic E-state index is 13.3. The minimum atomic E-state index is -0.278. The highest BCUT2D eigenvalue weighted by molar-refractivity contribution is 5.78. The van der Waals surface area contributed by atoms with Crippen LogP contribution in [-0.4, -0.2) is 24.1 Å². The average Bonchev–Trinajstić information content (AvgIpc) is 3.17. The predicted octanol–water partition coefficient (Wildman–Crippen LogP) is 2.17. The van der Waals surface area contributed by atoms with Gasteiger partial charge in [0.15, 0.2) is 0 Å². The topological polar surface area (TPSA) is 57.6 Å². The van der Waals surface area contributed by atoms with E-state index < -0.39 is 0 Å². The molecule has 0 fully saturated rings. The first kappa shape index (κ1) is 15.3. The van der Waals surface area contributed by atoms with Crippen molar-refractivity contribution in [2.24, 2.45) is 7.05 Å². The van der Waals surface area contributed by atoms with Gasteiger partial charge in [-0.1, -0.05) is 17.3 Å². The molecule has 25 heavy (non-hydrogen) atoms. The van der Waals surface area contributed by atoms with E-state index in [1.165, 1.54) is 12.1 Å². The van der Waals surface area contributed by atoms with Crippen LogP contribution in [0.4, 0.5) is 4.39 Å². The van der Waals surface area contributed by atoms with Crippen LogP contribution in [0.25, 0.3) is 10.9 Å². The molecule has 0 unspecified atom stereocenters. The monoisotopic (exact) mass is 337 g/mol. The quantitative estimate of drug-likeness (QED) is 0.573. The number of halogens is 1. The summed E-state index contributed by atoms with van der Waals surface area (Å²) in [6, 6.07) is 10.2. The molecule has 0 amide bonds. The number of benzene rings is 1. The van der Waals surface area contributed by atoms with Crippen LogP contribution in [0, 0.1) is 5.82 Å². The number of aromatic nitrogens is 5. The van der Waals surface area contributed by atoms with Crippen molar-refractivity contribution in [1.29, 1.82) is 0 Å². The van der Waals surface area contributed by atoms with Crippen LogP contribution < -0.4 is 5.56 Å². The summed E-state index contributed by atoms with van der Waals surface area (Å²) >= 11 is 0. The normalized spacial score (nSPS) is 11.3. The number of aryl methyl sites for hydroxylation is 1. The van der Waals surface area contributed by atoms with Crippen molar-refractivity contribution < 1.29 is 4.39 Å². The zero-order valence-electron chi connectivity index (χ0n) is 13.6. The van der Waals surface area contributed by atoms with Gasteiger partial charge in [0.1, 0.15) is 17.0 Å². The van der Waals surface area contributed by atoms with Gasteiger partial charge in [-0.05, 0) is 29.8 Å². The van der Waals surface area contributed by atoms with Gasteiger partial charge in [-0.25, -0.2) is 9.07 Å². The molecule has 0 saturated carbocycles. The Morgan fingerprint density at radius 2 is 1.96 bits per heavy atom. The fourth-order valence-corrected chi connectivity index (χ4v) is 2.94. The van der Waals surface area contributed by atoms with E-state index in [1.54, 1.807) is 27.7 Å². The lowest BCUT2D eigenvalue weighted by Gasteiger charge is -2.04.